The van der Waals surface area contributed by atoms with E-state index in [9.17, 15) is 0 Å². The van der Waals surface area contributed by atoms with Crippen LogP contribution in [0.1, 0.15) is 88.6 Å². The van der Waals surface area contributed by atoms with Crippen LogP contribution in [0.2, 0.25) is 0 Å². The van der Waals surface area contributed by atoms with Gasteiger partial charge in [0.2, 0.25) is 0 Å². The maximum atomic E-state index is 6.85. The summed E-state index contributed by atoms with van der Waals surface area (Å²) in [4.78, 5) is 7.67. The molecule has 0 aromatic heterocycles. The van der Waals surface area contributed by atoms with E-state index in [1.165, 1.54) is 17.0 Å². The highest BCUT2D eigenvalue weighted by Gasteiger charge is 2.42. The molecule has 176 valence electrons. The fourth-order valence-corrected chi connectivity index (χ4v) is 5.32. The minimum atomic E-state index is -0.130. The van der Waals surface area contributed by atoms with Gasteiger partial charge in [-0.25, -0.2) is 0 Å². The number of nitrogens with zero attached hydrogens (tertiary/aromatic N) is 3. The minimum Gasteiger partial charge on any atom is -0.469 e. The highest BCUT2D eigenvalue weighted by molar-refractivity contribution is 5.74. The van der Waals surface area contributed by atoms with Crippen molar-refractivity contribution in [3.8, 4) is 5.75 Å². The summed E-state index contributed by atoms with van der Waals surface area (Å²) in [5.41, 5.74) is 3.83. The molecule has 1 aliphatic rings. The van der Waals surface area contributed by atoms with Gasteiger partial charge in [0.1, 0.15) is 5.75 Å². The molecule has 0 bridgehead atoms. The quantitative estimate of drug-likeness (QED) is 0.450. The van der Waals surface area contributed by atoms with Gasteiger partial charge in [-0.1, -0.05) is 12.1 Å². The van der Waals surface area contributed by atoms with Gasteiger partial charge in [0, 0.05) is 41.8 Å². The molecule has 4 nitrogen and oxygen atoms in total. The maximum Gasteiger partial charge on any atom is 0.196 e. The van der Waals surface area contributed by atoms with Crippen molar-refractivity contribution >= 4 is 5.70 Å². The van der Waals surface area contributed by atoms with Gasteiger partial charge in [0.05, 0.1) is 11.4 Å². The van der Waals surface area contributed by atoms with E-state index in [1.807, 2.05) is 0 Å². The van der Waals surface area contributed by atoms with E-state index < -0.39 is 0 Å². The van der Waals surface area contributed by atoms with Crippen LogP contribution in [0.3, 0.4) is 0 Å². The van der Waals surface area contributed by atoms with Crippen molar-refractivity contribution < 1.29 is 4.74 Å². The summed E-state index contributed by atoms with van der Waals surface area (Å²) < 4.78 is 6.85. The Kier molecular flexibility index (Phi) is 8.49. The Morgan fingerprint density at radius 1 is 0.613 bits per heavy atom. The van der Waals surface area contributed by atoms with Gasteiger partial charge in [-0.3, -0.25) is 4.90 Å². The van der Waals surface area contributed by atoms with Crippen LogP contribution < -0.4 is 4.74 Å². The van der Waals surface area contributed by atoms with Gasteiger partial charge < -0.3 is 14.5 Å². The molecule has 0 saturated carbocycles. The van der Waals surface area contributed by atoms with Gasteiger partial charge in [-0.2, -0.15) is 0 Å². The van der Waals surface area contributed by atoms with Crippen LogP contribution in [0.15, 0.2) is 30.0 Å². The molecule has 4 heteroatoms. The molecule has 1 aromatic carbocycles. The number of hydrogen-bond acceptors (Lipinski definition) is 4. The molecule has 0 fully saturated rings. The summed E-state index contributed by atoms with van der Waals surface area (Å²) in [5, 5.41) is 0. The zero-order valence-electron chi connectivity index (χ0n) is 22.1. The summed E-state index contributed by atoms with van der Waals surface area (Å²) in [5.74, 6) is 0.983. The van der Waals surface area contributed by atoms with Gasteiger partial charge in [0.15, 0.2) is 6.23 Å². The molecule has 0 amide bonds. The first-order valence-electron chi connectivity index (χ1n) is 12.2. The van der Waals surface area contributed by atoms with Crippen molar-refractivity contribution in [1.82, 2.24) is 14.7 Å². The van der Waals surface area contributed by atoms with Gasteiger partial charge >= 0.3 is 0 Å². The van der Waals surface area contributed by atoms with Gasteiger partial charge in [0.25, 0.3) is 0 Å². The minimum absolute atomic E-state index is 0.130. The molecule has 0 N–H and O–H groups in total. The Balaban J connectivity index is 2.97. The van der Waals surface area contributed by atoms with Crippen LogP contribution in [-0.2, 0) is 0 Å². The van der Waals surface area contributed by atoms with Gasteiger partial charge in [-0.05, 0) is 95.2 Å². The number of ether oxygens (including phenoxy) is 1. The molecular formula is C27H47N3O. The third-order valence-corrected chi connectivity index (χ3v) is 6.08. The average molecular weight is 430 g/mol. The molecule has 0 saturated heterocycles. The monoisotopic (exact) mass is 429 g/mol. The van der Waals surface area contributed by atoms with Crippen LogP contribution in [-0.4, -0.2) is 57.2 Å². The fourth-order valence-electron chi connectivity index (χ4n) is 5.32. The summed E-state index contributed by atoms with van der Waals surface area (Å²) in [6, 6.07) is 10.8. The Labute approximate surface area is 192 Å². The van der Waals surface area contributed by atoms with Crippen LogP contribution in [0.4, 0.5) is 0 Å². The zero-order chi connectivity index (χ0) is 23.6. The molecular weight excluding hydrogens is 382 g/mol. The molecule has 1 unspecified atom stereocenters. The predicted molar refractivity (Wildman–Crippen MR) is 134 cm³/mol. The smallest absolute Gasteiger partial charge is 0.196 e. The highest BCUT2D eigenvalue weighted by Crippen LogP contribution is 2.43. The van der Waals surface area contributed by atoms with Crippen molar-refractivity contribution in [3.05, 3.63) is 35.5 Å². The SMILES string of the molecule is CC(C)N(C1=C(N(C(C)C)C(C)C)C(N(C(C)C)C(C)C)Oc2ccccc21)C(C)C. The van der Waals surface area contributed by atoms with E-state index in [-0.39, 0.29) is 6.23 Å². The second kappa shape index (κ2) is 10.3. The van der Waals surface area contributed by atoms with Crippen molar-refractivity contribution in [2.75, 3.05) is 0 Å². The molecule has 1 aliphatic heterocycles. The van der Waals surface area contributed by atoms with Crippen LogP contribution in [0.25, 0.3) is 5.70 Å². The van der Waals surface area contributed by atoms with Crippen molar-refractivity contribution in [1.29, 1.82) is 0 Å². The average Bonchev–Trinajstić information content (AvgIpc) is 2.62. The topological polar surface area (TPSA) is 19.0 Å². The zero-order valence-corrected chi connectivity index (χ0v) is 22.1. The number of hydrogen-bond donors (Lipinski definition) is 0. The Morgan fingerprint density at radius 2 is 1.06 bits per heavy atom. The largest absolute Gasteiger partial charge is 0.469 e. The Hall–Kier alpha value is -1.68. The Morgan fingerprint density at radius 3 is 1.48 bits per heavy atom. The third-order valence-electron chi connectivity index (χ3n) is 6.08. The number of para-hydroxylation sites is 1. The van der Waals surface area contributed by atoms with Crippen molar-refractivity contribution in [2.24, 2.45) is 0 Å². The highest BCUT2D eigenvalue weighted by atomic mass is 16.5. The lowest BCUT2D eigenvalue weighted by atomic mass is 9.97. The van der Waals surface area contributed by atoms with E-state index in [0.717, 1.165) is 5.75 Å². The summed E-state index contributed by atoms with van der Waals surface area (Å²) in [6.07, 6.45) is -0.130. The van der Waals surface area contributed by atoms with E-state index in [4.69, 9.17) is 4.74 Å². The number of benzene rings is 1. The normalized spacial score (nSPS) is 16.9. The van der Waals surface area contributed by atoms with Crippen LogP contribution in [0, 0.1) is 0 Å². The molecule has 0 aliphatic carbocycles. The molecule has 0 spiro atoms. The molecule has 1 heterocycles. The lowest BCUT2D eigenvalue weighted by Crippen LogP contribution is -2.56. The van der Waals surface area contributed by atoms with Crippen LogP contribution in [0.5, 0.6) is 5.75 Å². The van der Waals surface area contributed by atoms with E-state index in [1.54, 1.807) is 0 Å². The standard InChI is InChI=1S/C27H47N3O/c1-17(2)28(18(3)4)25-23-15-13-14-16-24(23)31-27(30(21(9)10)22(11)12)26(25)29(19(5)6)20(7)8/h13-22,27H,1-12H3. The van der Waals surface area contributed by atoms with Crippen LogP contribution >= 0.6 is 0 Å². The molecule has 0 radical (unpaired) electrons. The molecule has 2 rings (SSSR count). The van der Waals surface area contributed by atoms with Crippen molar-refractivity contribution in [2.45, 2.75) is 126 Å². The lowest BCUT2D eigenvalue weighted by molar-refractivity contribution is -0.0225. The molecule has 1 aromatic rings. The number of fused-ring (bicyclic) bond motifs is 1. The first-order chi connectivity index (χ1) is 14.4. The third kappa shape index (κ3) is 5.22. The van der Waals surface area contributed by atoms with Gasteiger partial charge in [-0.15, -0.1) is 0 Å². The second-order valence-corrected chi connectivity index (χ2v) is 10.5. The predicted octanol–water partition coefficient (Wildman–Crippen LogP) is 6.43. The van der Waals surface area contributed by atoms with Crippen molar-refractivity contribution in [3.63, 3.8) is 0 Å². The summed E-state index contributed by atoms with van der Waals surface area (Å²) >= 11 is 0. The first-order valence-corrected chi connectivity index (χ1v) is 12.2. The van der Waals surface area contributed by atoms with E-state index in [0.29, 0.717) is 36.3 Å². The maximum absolute atomic E-state index is 6.85. The fraction of sp³-hybridized carbons (Fsp3) is 0.704. The van der Waals surface area contributed by atoms with E-state index >= 15 is 0 Å². The lowest BCUT2D eigenvalue weighted by Gasteiger charge is -2.50. The summed E-state index contributed by atoms with van der Waals surface area (Å²) in [7, 11) is 0. The van der Waals surface area contributed by atoms with E-state index in [2.05, 4.69) is 122 Å². The Bertz CT molecular complexity index is 725. The number of rotatable bonds is 9. The molecule has 31 heavy (non-hydrogen) atoms. The second-order valence-electron chi connectivity index (χ2n) is 10.5. The first kappa shape index (κ1) is 25.6. The summed E-state index contributed by atoms with van der Waals surface area (Å²) in [6.45, 7) is 27.5. The molecule has 1 atom stereocenters.